The quantitative estimate of drug-likeness (QED) is 0.920. The molecule has 0 radical (unpaired) electrons. The minimum absolute atomic E-state index is 0.0824. The Morgan fingerprint density at radius 3 is 2.33 bits per heavy atom. The summed E-state index contributed by atoms with van der Waals surface area (Å²) < 4.78 is 6.68. The summed E-state index contributed by atoms with van der Waals surface area (Å²) in [6.07, 6.45) is 6.34. The predicted octanol–water partition coefficient (Wildman–Crippen LogP) is 3.64. The highest BCUT2D eigenvalue weighted by molar-refractivity contribution is 9.10. The van der Waals surface area contributed by atoms with E-state index in [-0.39, 0.29) is 11.0 Å². The Kier molecular flexibility index (Phi) is 2.98. The monoisotopic (exact) mass is 347 g/mol. The average Bonchev–Trinajstić information content (AvgIpc) is 2.93. The van der Waals surface area contributed by atoms with E-state index in [2.05, 4.69) is 50.3 Å². The van der Waals surface area contributed by atoms with Crippen molar-refractivity contribution in [2.75, 3.05) is 0 Å². The van der Waals surface area contributed by atoms with Gasteiger partial charge in [-0.25, -0.2) is 0 Å². The van der Waals surface area contributed by atoms with Gasteiger partial charge < -0.3 is 10.3 Å². The third-order valence-corrected chi connectivity index (χ3v) is 5.45. The van der Waals surface area contributed by atoms with Gasteiger partial charge in [-0.2, -0.15) is 4.98 Å². The van der Waals surface area contributed by atoms with Gasteiger partial charge in [0.2, 0.25) is 5.89 Å². The standard InChI is InChI=1S/C16H18BrN3O/c17-12-5-3-11(4-6-12)15(9-10-15)14-19-13(20-21-14)16(18)7-1-2-8-16/h3-6H,1-2,7-10,18H2. The minimum Gasteiger partial charge on any atom is -0.338 e. The average molecular weight is 348 g/mol. The van der Waals surface area contributed by atoms with Crippen LogP contribution in [-0.4, -0.2) is 10.1 Å². The maximum absolute atomic E-state index is 6.42. The van der Waals surface area contributed by atoms with Crippen LogP contribution in [0.2, 0.25) is 0 Å². The van der Waals surface area contributed by atoms with E-state index < -0.39 is 0 Å². The molecule has 0 bridgehead atoms. The van der Waals surface area contributed by atoms with E-state index in [4.69, 9.17) is 10.3 Å². The van der Waals surface area contributed by atoms with Crippen molar-refractivity contribution in [1.82, 2.24) is 10.1 Å². The molecule has 0 spiro atoms. The van der Waals surface area contributed by atoms with E-state index >= 15 is 0 Å². The molecule has 0 atom stereocenters. The van der Waals surface area contributed by atoms with Crippen molar-refractivity contribution in [1.29, 1.82) is 0 Å². The molecular formula is C16H18BrN3O. The van der Waals surface area contributed by atoms with Crippen molar-refractivity contribution in [2.45, 2.75) is 49.5 Å². The molecule has 21 heavy (non-hydrogen) atoms. The molecule has 0 unspecified atom stereocenters. The summed E-state index contributed by atoms with van der Waals surface area (Å²) >= 11 is 3.48. The molecule has 0 amide bonds. The van der Waals surface area contributed by atoms with Crippen LogP contribution in [0.25, 0.3) is 0 Å². The highest BCUT2D eigenvalue weighted by Gasteiger charge is 2.51. The number of benzene rings is 1. The Hall–Kier alpha value is -1.20. The van der Waals surface area contributed by atoms with Gasteiger partial charge >= 0.3 is 0 Å². The van der Waals surface area contributed by atoms with Gasteiger partial charge in [0.1, 0.15) is 0 Å². The topological polar surface area (TPSA) is 64.9 Å². The fourth-order valence-electron chi connectivity index (χ4n) is 3.37. The molecule has 1 heterocycles. The Morgan fingerprint density at radius 1 is 1.05 bits per heavy atom. The number of halogens is 1. The van der Waals surface area contributed by atoms with Gasteiger partial charge in [0.25, 0.3) is 0 Å². The molecular weight excluding hydrogens is 330 g/mol. The summed E-state index contributed by atoms with van der Waals surface area (Å²) in [7, 11) is 0. The molecule has 4 nitrogen and oxygen atoms in total. The Balaban J connectivity index is 1.68. The molecule has 5 heteroatoms. The Labute approximate surface area is 132 Å². The lowest BCUT2D eigenvalue weighted by atomic mass is 9.95. The first-order chi connectivity index (χ1) is 10.1. The Morgan fingerprint density at radius 2 is 1.71 bits per heavy atom. The van der Waals surface area contributed by atoms with Crippen LogP contribution in [-0.2, 0) is 11.0 Å². The number of nitrogens with zero attached hydrogens (tertiary/aromatic N) is 2. The van der Waals surface area contributed by atoms with Crippen LogP contribution < -0.4 is 5.73 Å². The van der Waals surface area contributed by atoms with Crippen molar-refractivity contribution >= 4 is 15.9 Å². The van der Waals surface area contributed by atoms with Crippen LogP contribution in [0.15, 0.2) is 33.3 Å². The molecule has 2 aromatic rings. The second-order valence-corrected chi connectivity index (χ2v) is 7.29. The van der Waals surface area contributed by atoms with Crippen LogP contribution in [0, 0.1) is 0 Å². The van der Waals surface area contributed by atoms with Gasteiger partial charge in [0.05, 0.1) is 11.0 Å². The first-order valence-electron chi connectivity index (χ1n) is 7.52. The number of aromatic nitrogens is 2. The molecule has 1 aromatic carbocycles. The molecule has 1 aromatic heterocycles. The van der Waals surface area contributed by atoms with Crippen LogP contribution in [0.1, 0.15) is 55.8 Å². The van der Waals surface area contributed by atoms with Gasteiger partial charge in [-0.15, -0.1) is 0 Å². The molecule has 0 saturated heterocycles. The van der Waals surface area contributed by atoms with Crippen LogP contribution >= 0.6 is 15.9 Å². The van der Waals surface area contributed by atoms with Gasteiger partial charge in [-0.1, -0.05) is 46.1 Å². The zero-order chi connectivity index (χ0) is 14.5. The first-order valence-corrected chi connectivity index (χ1v) is 8.31. The van der Waals surface area contributed by atoms with E-state index in [0.717, 1.165) is 48.9 Å². The molecule has 2 saturated carbocycles. The van der Waals surface area contributed by atoms with Crippen LogP contribution in [0.5, 0.6) is 0 Å². The van der Waals surface area contributed by atoms with Crippen molar-refractivity contribution in [3.05, 3.63) is 46.0 Å². The molecule has 4 rings (SSSR count). The molecule has 2 N–H and O–H groups in total. The summed E-state index contributed by atoms with van der Waals surface area (Å²) in [5.74, 6) is 1.43. The van der Waals surface area contributed by atoms with E-state index in [1.54, 1.807) is 0 Å². The van der Waals surface area contributed by atoms with Gasteiger partial charge in [0.15, 0.2) is 5.82 Å². The van der Waals surface area contributed by atoms with Gasteiger partial charge in [-0.3, -0.25) is 0 Å². The third kappa shape index (κ3) is 2.14. The first kappa shape index (κ1) is 13.5. The summed E-state index contributed by atoms with van der Waals surface area (Å²) in [6.45, 7) is 0. The van der Waals surface area contributed by atoms with E-state index in [1.807, 2.05) is 0 Å². The minimum atomic E-state index is -0.377. The molecule has 110 valence electrons. The van der Waals surface area contributed by atoms with E-state index in [0.29, 0.717) is 5.82 Å². The zero-order valence-electron chi connectivity index (χ0n) is 11.8. The maximum Gasteiger partial charge on any atom is 0.237 e. The lowest BCUT2D eigenvalue weighted by Gasteiger charge is -2.18. The fourth-order valence-corrected chi connectivity index (χ4v) is 3.63. The predicted molar refractivity (Wildman–Crippen MR) is 82.8 cm³/mol. The second-order valence-electron chi connectivity index (χ2n) is 6.38. The molecule has 2 aliphatic carbocycles. The van der Waals surface area contributed by atoms with E-state index in [9.17, 15) is 0 Å². The third-order valence-electron chi connectivity index (χ3n) is 4.92. The zero-order valence-corrected chi connectivity index (χ0v) is 13.4. The molecule has 2 aliphatic rings. The SMILES string of the molecule is NC1(c2noc(C3(c4ccc(Br)cc4)CC3)n2)CCCC1. The highest BCUT2D eigenvalue weighted by atomic mass is 79.9. The summed E-state index contributed by atoms with van der Waals surface area (Å²) in [5.41, 5.74) is 7.21. The molecule has 2 fully saturated rings. The largest absolute Gasteiger partial charge is 0.338 e. The van der Waals surface area contributed by atoms with Crippen molar-refractivity contribution in [3.8, 4) is 0 Å². The summed E-state index contributed by atoms with van der Waals surface area (Å²) in [6, 6.07) is 8.39. The smallest absolute Gasteiger partial charge is 0.237 e. The number of hydrogen-bond donors (Lipinski definition) is 1. The molecule has 0 aliphatic heterocycles. The van der Waals surface area contributed by atoms with Crippen molar-refractivity contribution in [3.63, 3.8) is 0 Å². The van der Waals surface area contributed by atoms with Gasteiger partial charge in [0, 0.05) is 4.47 Å². The normalized spacial score (nSPS) is 22.4. The van der Waals surface area contributed by atoms with Crippen LogP contribution in [0.3, 0.4) is 0 Å². The lowest BCUT2D eigenvalue weighted by Crippen LogP contribution is -2.34. The van der Waals surface area contributed by atoms with Crippen molar-refractivity contribution < 1.29 is 4.52 Å². The Bertz CT molecular complexity index is 654. The van der Waals surface area contributed by atoms with Gasteiger partial charge in [-0.05, 0) is 43.4 Å². The summed E-state index contributed by atoms with van der Waals surface area (Å²) in [4.78, 5) is 4.68. The van der Waals surface area contributed by atoms with E-state index in [1.165, 1.54) is 5.56 Å². The number of nitrogens with two attached hydrogens (primary N) is 1. The summed E-state index contributed by atoms with van der Waals surface area (Å²) in [5, 5.41) is 4.20. The highest BCUT2D eigenvalue weighted by Crippen LogP contribution is 2.53. The fraction of sp³-hybridized carbons (Fsp3) is 0.500. The van der Waals surface area contributed by atoms with Crippen LogP contribution in [0.4, 0.5) is 0 Å². The second kappa shape index (κ2) is 4.65. The lowest BCUT2D eigenvalue weighted by molar-refractivity contribution is 0.337. The maximum atomic E-state index is 6.42. The number of hydrogen-bond acceptors (Lipinski definition) is 4. The number of rotatable bonds is 3. The van der Waals surface area contributed by atoms with Crippen molar-refractivity contribution in [2.24, 2.45) is 5.73 Å².